The largest absolute Gasteiger partial charge is 0.481 e. The SMILES string of the molecule is COc1nccc2cc(C(C)C(=O)O)ccc12. The summed E-state index contributed by atoms with van der Waals surface area (Å²) in [5, 5.41) is 10.8. The molecule has 4 nitrogen and oxygen atoms in total. The maximum Gasteiger partial charge on any atom is 0.310 e. The van der Waals surface area contributed by atoms with Gasteiger partial charge in [0.25, 0.3) is 0 Å². The van der Waals surface area contributed by atoms with Crippen LogP contribution in [0.3, 0.4) is 0 Å². The normalized spacial score (nSPS) is 12.4. The van der Waals surface area contributed by atoms with Crippen LogP contribution in [-0.4, -0.2) is 23.2 Å². The van der Waals surface area contributed by atoms with Gasteiger partial charge in [0.15, 0.2) is 0 Å². The van der Waals surface area contributed by atoms with Gasteiger partial charge in [-0.15, -0.1) is 0 Å². The highest BCUT2D eigenvalue weighted by molar-refractivity contribution is 5.88. The molecule has 4 heteroatoms. The van der Waals surface area contributed by atoms with Crippen LogP contribution >= 0.6 is 0 Å². The topological polar surface area (TPSA) is 59.4 Å². The first kappa shape index (κ1) is 11.4. The smallest absolute Gasteiger partial charge is 0.310 e. The summed E-state index contributed by atoms with van der Waals surface area (Å²) in [6, 6.07) is 7.34. The number of fused-ring (bicyclic) bond motifs is 1. The number of nitrogens with zero attached hydrogens (tertiary/aromatic N) is 1. The maximum absolute atomic E-state index is 10.9. The number of methoxy groups -OCH3 is 1. The summed E-state index contributed by atoms with van der Waals surface area (Å²) in [5.74, 6) is -0.791. The van der Waals surface area contributed by atoms with Gasteiger partial charge < -0.3 is 9.84 Å². The summed E-state index contributed by atoms with van der Waals surface area (Å²) < 4.78 is 5.15. The fourth-order valence-electron chi connectivity index (χ4n) is 1.74. The minimum Gasteiger partial charge on any atom is -0.481 e. The number of aliphatic carboxylic acids is 1. The number of carbonyl (C=O) groups is 1. The van der Waals surface area contributed by atoms with Gasteiger partial charge in [0.05, 0.1) is 13.0 Å². The first-order chi connectivity index (χ1) is 8.13. The zero-order valence-electron chi connectivity index (χ0n) is 9.68. The maximum atomic E-state index is 10.9. The summed E-state index contributed by atoms with van der Waals surface area (Å²) in [7, 11) is 1.57. The Hall–Kier alpha value is -2.10. The molecular weight excluding hydrogens is 218 g/mol. The summed E-state index contributed by atoms with van der Waals surface area (Å²) >= 11 is 0. The van der Waals surface area contributed by atoms with Crippen molar-refractivity contribution in [1.29, 1.82) is 0 Å². The molecule has 1 heterocycles. The van der Waals surface area contributed by atoms with Crippen molar-refractivity contribution in [3.05, 3.63) is 36.0 Å². The summed E-state index contributed by atoms with van der Waals surface area (Å²) in [6.45, 7) is 1.67. The molecule has 88 valence electrons. The number of carboxylic acids is 1. The van der Waals surface area contributed by atoms with Crippen LogP contribution in [0.25, 0.3) is 10.8 Å². The predicted molar refractivity (Wildman–Crippen MR) is 64.3 cm³/mol. The molecule has 1 atom stereocenters. The average molecular weight is 231 g/mol. The number of aromatic nitrogens is 1. The van der Waals surface area contributed by atoms with E-state index in [0.29, 0.717) is 5.88 Å². The minimum atomic E-state index is -0.828. The van der Waals surface area contributed by atoms with Crippen LogP contribution in [0.1, 0.15) is 18.4 Å². The Bertz CT molecular complexity index is 566. The van der Waals surface area contributed by atoms with Crippen LogP contribution in [0.5, 0.6) is 5.88 Å². The lowest BCUT2D eigenvalue weighted by molar-refractivity contribution is -0.138. The van der Waals surface area contributed by atoms with Crippen LogP contribution in [-0.2, 0) is 4.79 Å². The van der Waals surface area contributed by atoms with Gasteiger partial charge in [-0.05, 0) is 30.0 Å². The van der Waals surface area contributed by atoms with Crippen molar-refractivity contribution in [2.45, 2.75) is 12.8 Å². The molecule has 1 aromatic heterocycles. The molecule has 0 fully saturated rings. The number of hydrogen-bond donors (Lipinski definition) is 1. The zero-order valence-corrected chi connectivity index (χ0v) is 9.68. The highest BCUT2D eigenvalue weighted by atomic mass is 16.5. The van der Waals surface area contributed by atoms with Gasteiger partial charge in [-0.1, -0.05) is 12.1 Å². The van der Waals surface area contributed by atoms with Crippen LogP contribution in [0.4, 0.5) is 0 Å². The molecule has 0 spiro atoms. The monoisotopic (exact) mass is 231 g/mol. The Morgan fingerprint density at radius 1 is 1.41 bits per heavy atom. The molecule has 0 bridgehead atoms. The lowest BCUT2D eigenvalue weighted by Crippen LogP contribution is -2.07. The lowest BCUT2D eigenvalue weighted by atomic mass is 9.98. The van der Waals surface area contributed by atoms with Crippen molar-refractivity contribution in [3.8, 4) is 5.88 Å². The van der Waals surface area contributed by atoms with E-state index in [2.05, 4.69) is 4.98 Å². The second kappa shape index (κ2) is 4.41. The number of rotatable bonds is 3. The van der Waals surface area contributed by atoms with Crippen molar-refractivity contribution >= 4 is 16.7 Å². The van der Waals surface area contributed by atoms with Crippen LogP contribution in [0, 0.1) is 0 Å². The molecule has 2 aromatic rings. The average Bonchev–Trinajstić information content (AvgIpc) is 2.36. The molecule has 0 radical (unpaired) electrons. The zero-order chi connectivity index (χ0) is 12.4. The van der Waals surface area contributed by atoms with Crippen molar-refractivity contribution in [1.82, 2.24) is 4.98 Å². The number of hydrogen-bond acceptors (Lipinski definition) is 3. The highest BCUT2D eigenvalue weighted by Crippen LogP contribution is 2.26. The third-order valence-corrected chi connectivity index (χ3v) is 2.82. The molecule has 2 rings (SSSR count). The standard InChI is InChI=1S/C13H13NO3/c1-8(13(15)16)9-3-4-11-10(7-9)5-6-14-12(11)17-2/h3-8H,1-2H3,(H,15,16). The van der Waals surface area contributed by atoms with E-state index in [-0.39, 0.29) is 0 Å². The third kappa shape index (κ3) is 2.06. The Morgan fingerprint density at radius 3 is 2.82 bits per heavy atom. The molecule has 0 aliphatic carbocycles. The van der Waals surface area contributed by atoms with E-state index in [0.717, 1.165) is 16.3 Å². The molecule has 0 saturated heterocycles. The predicted octanol–water partition coefficient (Wildman–Crippen LogP) is 2.43. The molecule has 0 aliphatic rings. The van der Waals surface area contributed by atoms with Crippen molar-refractivity contribution in [2.24, 2.45) is 0 Å². The van der Waals surface area contributed by atoms with Gasteiger partial charge in [-0.2, -0.15) is 0 Å². The second-order valence-electron chi connectivity index (χ2n) is 3.86. The van der Waals surface area contributed by atoms with Gasteiger partial charge in [-0.25, -0.2) is 4.98 Å². The van der Waals surface area contributed by atoms with Gasteiger partial charge in [-0.3, -0.25) is 4.79 Å². The molecular formula is C13H13NO3. The van der Waals surface area contributed by atoms with E-state index in [1.807, 2.05) is 18.2 Å². The van der Waals surface area contributed by atoms with Crippen LogP contribution in [0.2, 0.25) is 0 Å². The quantitative estimate of drug-likeness (QED) is 0.881. The molecule has 0 aliphatic heterocycles. The van der Waals surface area contributed by atoms with E-state index >= 15 is 0 Å². The second-order valence-corrected chi connectivity index (χ2v) is 3.86. The minimum absolute atomic E-state index is 0.515. The van der Waals surface area contributed by atoms with Gasteiger partial charge in [0.1, 0.15) is 0 Å². The van der Waals surface area contributed by atoms with E-state index < -0.39 is 11.9 Å². The first-order valence-electron chi connectivity index (χ1n) is 5.29. The third-order valence-electron chi connectivity index (χ3n) is 2.82. The Kier molecular flexibility index (Phi) is 2.95. The van der Waals surface area contributed by atoms with E-state index in [1.165, 1.54) is 0 Å². The number of benzene rings is 1. The van der Waals surface area contributed by atoms with Crippen LogP contribution < -0.4 is 4.74 Å². The fraction of sp³-hybridized carbons (Fsp3) is 0.231. The number of carboxylic acid groups (broad SMARTS) is 1. The number of pyridine rings is 1. The summed E-state index contributed by atoms with van der Waals surface area (Å²) in [6.07, 6.45) is 1.65. The Labute approximate surface area is 98.9 Å². The van der Waals surface area contributed by atoms with Gasteiger partial charge >= 0.3 is 5.97 Å². The molecule has 17 heavy (non-hydrogen) atoms. The highest BCUT2D eigenvalue weighted by Gasteiger charge is 2.14. The molecule has 1 unspecified atom stereocenters. The van der Waals surface area contributed by atoms with E-state index in [4.69, 9.17) is 9.84 Å². The summed E-state index contributed by atoms with van der Waals surface area (Å²) in [4.78, 5) is 15.0. The van der Waals surface area contributed by atoms with Crippen molar-refractivity contribution in [2.75, 3.05) is 7.11 Å². The van der Waals surface area contributed by atoms with Gasteiger partial charge in [0.2, 0.25) is 5.88 Å². The molecule has 1 aromatic carbocycles. The van der Waals surface area contributed by atoms with Gasteiger partial charge in [0, 0.05) is 11.6 Å². The van der Waals surface area contributed by atoms with Crippen molar-refractivity contribution in [3.63, 3.8) is 0 Å². The lowest BCUT2D eigenvalue weighted by Gasteiger charge is -2.09. The fourth-order valence-corrected chi connectivity index (χ4v) is 1.74. The Morgan fingerprint density at radius 2 is 2.18 bits per heavy atom. The molecule has 1 N–H and O–H groups in total. The van der Waals surface area contributed by atoms with Crippen molar-refractivity contribution < 1.29 is 14.6 Å². The first-order valence-corrected chi connectivity index (χ1v) is 5.29. The Balaban J connectivity index is 2.55. The molecule has 0 saturated carbocycles. The van der Waals surface area contributed by atoms with Crippen LogP contribution in [0.15, 0.2) is 30.5 Å². The summed E-state index contributed by atoms with van der Waals surface area (Å²) in [5.41, 5.74) is 0.776. The number of ether oxygens (including phenoxy) is 1. The van der Waals surface area contributed by atoms with E-state index in [1.54, 1.807) is 26.3 Å². The van der Waals surface area contributed by atoms with E-state index in [9.17, 15) is 4.79 Å². The molecule has 0 amide bonds.